The lowest BCUT2D eigenvalue weighted by atomic mass is 10.0. The maximum absolute atomic E-state index is 12.3. The Labute approximate surface area is 138 Å². The molecule has 0 saturated carbocycles. The molecule has 1 aromatic carbocycles. The van der Waals surface area contributed by atoms with Crippen molar-refractivity contribution in [2.24, 2.45) is 0 Å². The summed E-state index contributed by atoms with van der Waals surface area (Å²) >= 11 is 13.4. The van der Waals surface area contributed by atoms with E-state index in [4.69, 9.17) is 23.2 Å². The van der Waals surface area contributed by atoms with Crippen LogP contribution in [0.5, 0.6) is 0 Å². The molecule has 0 aliphatic rings. The lowest BCUT2D eigenvalue weighted by molar-refractivity contribution is 0.789. The number of halogens is 2. The molecule has 0 radical (unpaired) electrons. The highest BCUT2D eigenvalue weighted by atomic mass is 35.5. The number of hydrogen-bond donors (Lipinski definition) is 1. The van der Waals surface area contributed by atoms with Gasteiger partial charge in [0.2, 0.25) is 0 Å². The van der Waals surface area contributed by atoms with Crippen molar-refractivity contribution in [3.8, 4) is 0 Å². The summed E-state index contributed by atoms with van der Waals surface area (Å²) in [5.74, 6) is 0. The lowest BCUT2D eigenvalue weighted by Crippen LogP contribution is -2.19. The van der Waals surface area contributed by atoms with E-state index in [9.17, 15) is 4.79 Å². The van der Waals surface area contributed by atoms with E-state index in [1.165, 1.54) is 11.8 Å². The first-order chi connectivity index (χ1) is 10.0. The van der Waals surface area contributed by atoms with Gasteiger partial charge in [0.1, 0.15) is 0 Å². The van der Waals surface area contributed by atoms with Crippen molar-refractivity contribution in [1.29, 1.82) is 0 Å². The van der Waals surface area contributed by atoms with E-state index in [0.29, 0.717) is 27.2 Å². The summed E-state index contributed by atoms with van der Waals surface area (Å²) in [6, 6.07) is 5.42. The van der Waals surface area contributed by atoms with Gasteiger partial charge < -0.3 is 4.98 Å². The summed E-state index contributed by atoms with van der Waals surface area (Å²) in [6.07, 6.45) is 4.13. The highest BCUT2D eigenvalue weighted by Crippen LogP contribution is 2.24. The van der Waals surface area contributed by atoms with Crippen molar-refractivity contribution in [1.82, 2.24) is 9.97 Å². The van der Waals surface area contributed by atoms with Gasteiger partial charge in [-0.25, -0.2) is 4.98 Å². The molecule has 1 aromatic heterocycles. The van der Waals surface area contributed by atoms with Gasteiger partial charge in [0.15, 0.2) is 5.16 Å². The number of aromatic nitrogens is 2. The summed E-state index contributed by atoms with van der Waals surface area (Å²) < 4.78 is 0. The number of aromatic amines is 1. The lowest BCUT2D eigenvalue weighted by Gasteiger charge is -2.09. The molecule has 0 aliphatic heterocycles. The Balaban J connectivity index is 2.42. The molecule has 1 heterocycles. The van der Waals surface area contributed by atoms with Crippen LogP contribution in [0.4, 0.5) is 0 Å². The summed E-state index contributed by atoms with van der Waals surface area (Å²) in [6.45, 7) is 2.07. The number of thioether (sulfide) groups is 1. The molecule has 0 fully saturated rings. The molecule has 0 bridgehead atoms. The molecule has 0 amide bonds. The molecule has 1 N–H and O–H groups in total. The number of aryl methyl sites for hydroxylation is 1. The average molecular weight is 343 g/mol. The van der Waals surface area contributed by atoms with Crippen molar-refractivity contribution < 1.29 is 0 Å². The minimum atomic E-state index is -0.0797. The molecule has 2 aromatic rings. The van der Waals surface area contributed by atoms with Crippen LogP contribution in [-0.4, -0.2) is 16.2 Å². The number of H-pyrrole nitrogens is 1. The number of benzene rings is 1. The standard InChI is InChI=1S/C15H16Cl2N2OS/c1-3-4-13-10(14(20)19-15(18-13)21-2)7-9-5-6-11(16)12(17)8-9/h5-6,8H,3-4,7H2,1-2H3,(H,18,19,20). The van der Waals surface area contributed by atoms with Crippen LogP contribution in [0, 0.1) is 0 Å². The van der Waals surface area contributed by atoms with Gasteiger partial charge in [0.25, 0.3) is 5.56 Å². The van der Waals surface area contributed by atoms with Crippen molar-refractivity contribution in [2.45, 2.75) is 31.3 Å². The molecule has 112 valence electrons. The van der Waals surface area contributed by atoms with Crippen LogP contribution < -0.4 is 5.56 Å². The molecule has 2 rings (SSSR count). The van der Waals surface area contributed by atoms with Gasteiger partial charge in [-0.3, -0.25) is 4.79 Å². The summed E-state index contributed by atoms with van der Waals surface area (Å²) in [5, 5.41) is 1.66. The van der Waals surface area contributed by atoms with Gasteiger partial charge in [-0.2, -0.15) is 0 Å². The van der Waals surface area contributed by atoms with E-state index in [-0.39, 0.29) is 5.56 Å². The Morgan fingerprint density at radius 3 is 2.67 bits per heavy atom. The third-order valence-corrected chi connectivity index (χ3v) is 4.44. The van der Waals surface area contributed by atoms with Crippen LogP contribution >= 0.6 is 35.0 Å². The van der Waals surface area contributed by atoms with Crippen LogP contribution in [0.3, 0.4) is 0 Å². The molecule has 0 unspecified atom stereocenters. The Kier molecular flexibility index (Phi) is 5.73. The van der Waals surface area contributed by atoms with Gasteiger partial charge in [-0.15, -0.1) is 0 Å². The molecular formula is C15H16Cl2N2OS. The maximum atomic E-state index is 12.3. The molecule has 0 saturated heterocycles. The largest absolute Gasteiger partial charge is 0.301 e. The summed E-state index contributed by atoms with van der Waals surface area (Å²) in [4.78, 5) is 19.6. The SMILES string of the molecule is CCCc1nc(SC)[nH]c(=O)c1Cc1ccc(Cl)c(Cl)c1. The van der Waals surface area contributed by atoms with Gasteiger partial charge in [-0.1, -0.05) is 54.4 Å². The third kappa shape index (κ3) is 4.02. The van der Waals surface area contributed by atoms with Gasteiger partial charge in [0, 0.05) is 12.0 Å². The van der Waals surface area contributed by atoms with Crippen LogP contribution in [0.2, 0.25) is 10.0 Å². The molecule has 0 aliphatic carbocycles. The van der Waals surface area contributed by atoms with Crippen molar-refractivity contribution in [3.63, 3.8) is 0 Å². The van der Waals surface area contributed by atoms with Gasteiger partial charge >= 0.3 is 0 Å². The molecule has 21 heavy (non-hydrogen) atoms. The fourth-order valence-corrected chi connectivity index (χ4v) is 2.81. The first-order valence-corrected chi connectivity index (χ1v) is 8.63. The Hall–Kier alpha value is -0.970. The maximum Gasteiger partial charge on any atom is 0.255 e. The van der Waals surface area contributed by atoms with Crippen LogP contribution in [0.25, 0.3) is 0 Å². The highest BCUT2D eigenvalue weighted by molar-refractivity contribution is 7.98. The second-order valence-corrected chi connectivity index (χ2v) is 6.29. The number of nitrogens with zero attached hydrogens (tertiary/aromatic N) is 1. The minimum absolute atomic E-state index is 0.0797. The molecular weight excluding hydrogens is 327 g/mol. The first-order valence-electron chi connectivity index (χ1n) is 6.65. The average Bonchev–Trinajstić information content (AvgIpc) is 2.46. The van der Waals surface area contributed by atoms with E-state index in [1.54, 1.807) is 12.1 Å². The fraction of sp³-hybridized carbons (Fsp3) is 0.333. The summed E-state index contributed by atoms with van der Waals surface area (Å²) in [7, 11) is 0. The topological polar surface area (TPSA) is 45.8 Å². The zero-order chi connectivity index (χ0) is 15.4. The summed E-state index contributed by atoms with van der Waals surface area (Å²) in [5.41, 5.74) is 2.43. The van der Waals surface area contributed by atoms with E-state index in [2.05, 4.69) is 16.9 Å². The highest BCUT2D eigenvalue weighted by Gasteiger charge is 2.12. The zero-order valence-electron chi connectivity index (χ0n) is 11.9. The number of rotatable bonds is 5. The molecule has 0 atom stereocenters. The minimum Gasteiger partial charge on any atom is -0.301 e. The predicted molar refractivity (Wildman–Crippen MR) is 89.9 cm³/mol. The quantitative estimate of drug-likeness (QED) is 0.649. The predicted octanol–water partition coefficient (Wildman–Crippen LogP) is 4.34. The number of nitrogens with one attached hydrogen (secondary N) is 1. The monoisotopic (exact) mass is 342 g/mol. The van der Waals surface area contributed by atoms with Crippen LogP contribution in [0.15, 0.2) is 28.2 Å². The normalized spacial score (nSPS) is 10.9. The van der Waals surface area contributed by atoms with Crippen molar-refractivity contribution >= 4 is 35.0 Å². The molecule has 0 spiro atoms. The van der Waals surface area contributed by atoms with Gasteiger partial charge in [-0.05, 0) is 30.4 Å². The fourth-order valence-electron chi connectivity index (χ4n) is 2.10. The van der Waals surface area contributed by atoms with E-state index < -0.39 is 0 Å². The second-order valence-electron chi connectivity index (χ2n) is 4.68. The van der Waals surface area contributed by atoms with Crippen molar-refractivity contribution in [3.05, 3.63) is 55.4 Å². The first kappa shape index (κ1) is 16.4. The smallest absolute Gasteiger partial charge is 0.255 e. The van der Waals surface area contributed by atoms with Gasteiger partial charge in [0.05, 0.1) is 15.7 Å². The Bertz CT molecular complexity index is 701. The van der Waals surface area contributed by atoms with Crippen LogP contribution in [-0.2, 0) is 12.8 Å². The van der Waals surface area contributed by atoms with E-state index in [1.807, 2.05) is 12.3 Å². The number of hydrogen-bond acceptors (Lipinski definition) is 3. The Morgan fingerprint density at radius 2 is 2.05 bits per heavy atom. The Morgan fingerprint density at radius 1 is 1.29 bits per heavy atom. The second kappa shape index (κ2) is 7.34. The van der Waals surface area contributed by atoms with Crippen LogP contribution in [0.1, 0.15) is 30.2 Å². The third-order valence-electron chi connectivity index (χ3n) is 3.12. The van der Waals surface area contributed by atoms with Crippen molar-refractivity contribution in [2.75, 3.05) is 6.26 Å². The van der Waals surface area contributed by atoms with E-state index in [0.717, 1.165) is 24.1 Å². The molecule has 6 heteroatoms. The zero-order valence-corrected chi connectivity index (χ0v) is 14.2. The molecule has 3 nitrogen and oxygen atoms in total. The van der Waals surface area contributed by atoms with E-state index >= 15 is 0 Å².